The second kappa shape index (κ2) is 12.9. The highest BCUT2D eigenvalue weighted by molar-refractivity contribution is 5.83. The molecular weight excluding hydrogens is 436 g/mol. The van der Waals surface area contributed by atoms with Gasteiger partial charge >= 0.3 is 0 Å². The minimum Gasteiger partial charge on any atom is -0.317 e. The molecule has 4 aromatic rings. The second-order valence-electron chi connectivity index (χ2n) is 10.2. The highest BCUT2D eigenvalue weighted by atomic mass is 15.0. The van der Waals surface area contributed by atoms with Gasteiger partial charge in [0, 0.05) is 6.04 Å². The van der Waals surface area contributed by atoms with Gasteiger partial charge in [-0.2, -0.15) is 0 Å². The van der Waals surface area contributed by atoms with Crippen LogP contribution in [0.3, 0.4) is 0 Å². The molecule has 2 N–H and O–H groups in total. The summed E-state index contributed by atoms with van der Waals surface area (Å²) in [5.41, 5.74) is 4.01. The van der Waals surface area contributed by atoms with Crippen molar-refractivity contribution in [1.29, 1.82) is 0 Å². The first-order chi connectivity index (χ1) is 17.7. The SMILES string of the molecule is CCCCC(CC(Cc1ccccc1)NC)C(Cc1ccccc1)(NC)c1ccc2ccccc2c1. The molecule has 0 spiro atoms. The fraction of sp³-hybridized carbons (Fsp3) is 0.353. The van der Waals surface area contributed by atoms with Crippen molar-refractivity contribution in [3.8, 4) is 0 Å². The van der Waals surface area contributed by atoms with E-state index in [0.29, 0.717) is 12.0 Å². The van der Waals surface area contributed by atoms with Crippen molar-refractivity contribution in [3.63, 3.8) is 0 Å². The lowest BCUT2D eigenvalue weighted by Gasteiger charge is -2.44. The minimum absolute atomic E-state index is 0.160. The van der Waals surface area contributed by atoms with Crippen LogP contribution in [0.2, 0.25) is 0 Å². The Morgan fingerprint density at radius 1 is 0.722 bits per heavy atom. The number of rotatable bonds is 13. The van der Waals surface area contributed by atoms with Crippen LogP contribution in [0.1, 0.15) is 49.3 Å². The Morgan fingerprint density at radius 2 is 1.36 bits per heavy atom. The van der Waals surface area contributed by atoms with Crippen molar-refractivity contribution in [3.05, 3.63) is 120 Å². The van der Waals surface area contributed by atoms with Crippen molar-refractivity contribution in [1.82, 2.24) is 10.6 Å². The van der Waals surface area contributed by atoms with Crippen LogP contribution in [0.4, 0.5) is 0 Å². The predicted molar refractivity (Wildman–Crippen MR) is 155 cm³/mol. The minimum atomic E-state index is -0.160. The zero-order valence-electron chi connectivity index (χ0n) is 22.2. The average molecular weight is 479 g/mol. The monoisotopic (exact) mass is 478 g/mol. The van der Waals surface area contributed by atoms with Crippen LogP contribution in [0.5, 0.6) is 0 Å². The van der Waals surface area contributed by atoms with Crippen LogP contribution in [0, 0.1) is 5.92 Å². The van der Waals surface area contributed by atoms with Crippen molar-refractivity contribution in [2.75, 3.05) is 14.1 Å². The van der Waals surface area contributed by atoms with Gasteiger partial charge in [-0.05, 0) is 79.2 Å². The summed E-state index contributed by atoms with van der Waals surface area (Å²) in [5.74, 6) is 0.477. The molecule has 0 saturated carbocycles. The van der Waals surface area contributed by atoms with Crippen molar-refractivity contribution >= 4 is 10.8 Å². The van der Waals surface area contributed by atoms with Gasteiger partial charge in [-0.25, -0.2) is 0 Å². The van der Waals surface area contributed by atoms with Crippen LogP contribution in [0.25, 0.3) is 10.8 Å². The standard InChI is InChI=1S/C34H42N2/c1-4-5-20-31(25-33(35-2)23-27-14-8-6-9-15-27)34(36-3,26-28-16-10-7-11-17-28)32-22-21-29-18-12-13-19-30(29)24-32/h6-19,21-22,24,31,33,35-36H,4-5,20,23,25-26H2,1-3H3. The van der Waals surface area contributed by atoms with Gasteiger partial charge in [0.05, 0.1) is 5.54 Å². The molecule has 0 amide bonds. The molecule has 4 aromatic carbocycles. The third-order valence-corrected chi connectivity index (χ3v) is 7.94. The topological polar surface area (TPSA) is 24.1 Å². The zero-order valence-corrected chi connectivity index (χ0v) is 22.2. The van der Waals surface area contributed by atoms with Crippen molar-refractivity contribution in [2.45, 2.75) is 57.0 Å². The van der Waals surface area contributed by atoms with E-state index in [-0.39, 0.29) is 5.54 Å². The number of benzene rings is 4. The first-order valence-electron chi connectivity index (χ1n) is 13.6. The summed E-state index contributed by atoms with van der Waals surface area (Å²) >= 11 is 0. The number of unbranched alkanes of at least 4 members (excludes halogenated alkanes) is 1. The lowest BCUT2D eigenvalue weighted by molar-refractivity contribution is 0.176. The Kier molecular flexibility index (Phi) is 9.33. The first-order valence-corrected chi connectivity index (χ1v) is 13.6. The fourth-order valence-electron chi connectivity index (χ4n) is 5.86. The van der Waals surface area contributed by atoms with Gasteiger partial charge in [0.25, 0.3) is 0 Å². The molecule has 0 heterocycles. The smallest absolute Gasteiger partial charge is 0.0502 e. The molecule has 0 aliphatic rings. The summed E-state index contributed by atoms with van der Waals surface area (Å²) in [6.07, 6.45) is 6.78. The zero-order chi connectivity index (χ0) is 25.2. The van der Waals surface area contributed by atoms with E-state index in [0.717, 1.165) is 19.3 Å². The summed E-state index contributed by atoms with van der Waals surface area (Å²) < 4.78 is 0. The molecule has 3 atom stereocenters. The van der Waals surface area contributed by atoms with E-state index in [1.807, 2.05) is 0 Å². The summed E-state index contributed by atoms with van der Waals surface area (Å²) in [6, 6.07) is 38.2. The Labute approximate surface area is 218 Å². The lowest BCUT2D eigenvalue weighted by Crippen LogP contribution is -2.50. The highest BCUT2D eigenvalue weighted by Gasteiger charge is 2.40. The average Bonchev–Trinajstić information content (AvgIpc) is 2.94. The van der Waals surface area contributed by atoms with E-state index in [2.05, 4.69) is 135 Å². The molecule has 0 saturated heterocycles. The van der Waals surface area contributed by atoms with Crippen LogP contribution in [-0.4, -0.2) is 20.1 Å². The lowest BCUT2D eigenvalue weighted by atomic mass is 9.69. The van der Waals surface area contributed by atoms with Gasteiger partial charge in [0.2, 0.25) is 0 Å². The van der Waals surface area contributed by atoms with E-state index >= 15 is 0 Å². The van der Waals surface area contributed by atoms with E-state index in [4.69, 9.17) is 0 Å². The summed E-state index contributed by atoms with van der Waals surface area (Å²) in [7, 11) is 4.29. The molecule has 0 aliphatic carbocycles. The Balaban J connectivity index is 1.77. The third-order valence-electron chi connectivity index (χ3n) is 7.94. The van der Waals surface area contributed by atoms with Gasteiger partial charge in [-0.1, -0.05) is 117 Å². The van der Waals surface area contributed by atoms with Crippen LogP contribution >= 0.6 is 0 Å². The number of fused-ring (bicyclic) bond motifs is 1. The molecule has 0 aromatic heterocycles. The molecule has 36 heavy (non-hydrogen) atoms. The molecule has 0 radical (unpaired) electrons. The Morgan fingerprint density at radius 3 is 2.00 bits per heavy atom. The van der Waals surface area contributed by atoms with Gasteiger partial charge in [-0.15, -0.1) is 0 Å². The van der Waals surface area contributed by atoms with Gasteiger partial charge in [0.15, 0.2) is 0 Å². The molecule has 0 bridgehead atoms. The van der Waals surface area contributed by atoms with Crippen molar-refractivity contribution < 1.29 is 0 Å². The Hall–Kier alpha value is -2.94. The van der Waals surface area contributed by atoms with Crippen molar-refractivity contribution in [2.24, 2.45) is 5.92 Å². The van der Waals surface area contributed by atoms with Gasteiger partial charge in [-0.3, -0.25) is 0 Å². The van der Waals surface area contributed by atoms with Gasteiger partial charge in [0.1, 0.15) is 0 Å². The quantitative estimate of drug-likeness (QED) is 0.208. The van der Waals surface area contributed by atoms with E-state index in [1.54, 1.807) is 0 Å². The number of hydrogen-bond acceptors (Lipinski definition) is 2. The molecular formula is C34H42N2. The second-order valence-corrected chi connectivity index (χ2v) is 10.2. The highest BCUT2D eigenvalue weighted by Crippen LogP contribution is 2.40. The molecule has 188 valence electrons. The summed E-state index contributed by atoms with van der Waals surface area (Å²) in [4.78, 5) is 0. The Bertz CT molecular complexity index is 1190. The maximum atomic E-state index is 3.92. The maximum absolute atomic E-state index is 3.92. The molecule has 2 nitrogen and oxygen atoms in total. The number of likely N-dealkylation sites (N-methyl/N-ethyl adjacent to an activating group) is 2. The molecule has 0 aliphatic heterocycles. The molecule has 0 fully saturated rings. The van der Waals surface area contributed by atoms with Crippen LogP contribution < -0.4 is 10.6 Å². The maximum Gasteiger partial charge on any atom is 0.0502 e. The van der Waals surface area contributed by atoms with E-state index in [1.165, 1.54) is 46.7 Å². The largest absolute Gasteiger partial charge is 0.317 e. The fourth-order valence-corrected chi connectivity index (χ4v) is 5.86. The molecule has 2 heteroatoms. The molecule has 4 rings (SSSR count). The summed E-state index contributed by atoms with van der Waals surface area (Å²) in [6.45, 7) is 2.31. The van der Waals surface area contributed by atoms with Crippen LogP contribution in [0.15, 0.2) is 103 Å². The first kappa shape index (κ1) is 26.1. The molecule has 3 unspecified atom stereocenters. The number of nitrogens with one attached hydrogen (secondary N) is 2. The third kappa shape index (κ3) is 6.24. The number of hydrogen-bond donors (Lipinski definition) is 2. The van der Waals surface area contributed by atoms with E-state index in [9.17, 15) is 0 Å². The van der Waals surface area contributed by atoms with Gasteiger partial charge < -0.3 is 10.6 Å². The summed E-state index contributed by atoms with van der Waals surface area (Å²) in [5, 5.41) is 10.2. The predicted octanol–water partition coefficient (Wildman–Crippen LogP) is 7.52. The van der Waals surface area contributed by atoms with Crippen LogP contribution in [-0.2, 0) is 18.4 Å². The van der Waals surface area contributed by atoms with E-state index < -0.39 is 0 Å². The normalized spacial score (nSPS) is 14.9.